The van der Waals surface area contributed by atoms with Crippen molar-refractivity contribution in [3.8, 4) is 5.75 Å². The molecule has 96 valence electrons. The number of rotatable bonds is 4. The molecule has 2 rings (SSSR count). The maximum atomic E-state index is 5.76. The summed E-state index contributed by atoms with van der Waals surface area (Å²) in [4.78, 5) is 4.08. The number of ether oxygens (including phenoxy) is 1. The van der Waals surface area contributed by atoms with E-state index >= 15 is 0 Å². The first kappa shape index (κ1) is 12.8. The Balaban J connectivity index is 2.06. The summed E-state index contributed by atoms with van der Waals surface area (Å²) in [7, 11) is 1.63. The van der Waals surface area contributed by atoms with E-state index in [1.54, 1.807) is 25.6 Å². The Kier molecular flexibility index (Phi) is 4.23. The third-order valence-corrected chi connectivity index (χ3v) is 2.42. The average Bonchev–Trinajstić information content (AvgIpc) is 2.49. The summed E-state index contributed by atoms with van der Waals surface area (Å²) in [6.07, 6.45) is 3.28. The molecular formula is C14H14N4O. The summed E-state index contributed by atoms with van der Waals surface area (Å²) in [5.74, 6) is 1.08. The molecule has 5 heteroatoms. The minimum Gasteiger partial charge on any atom is -0.497 e. The van der Waals surface area contributed by atoms with Crippen molar-refractivity contribution in [2.75, 3.05) is 7.11 Å². The lowest BCUT2D eigenvalue weighted by Crippen LogP contribution is -2.14. The molecular weight excluding hydrogens is 240 g/mol. The van der Waals surface area contributed by atoms with Gasteiger partial charge in [-0.3, -0.25) is 4.98 Å². The zero-order valence-corrected chi connectivity index (χ0v) is 10.5. The van der Waals surface area contributed by atoms with Crippen LogP contribution in [0.4, 0.5) is 0 Å². The predicted octanol–water partition coefficient (Wildman–Crippen LogP) is 1.83. The minimum absolute atomic E-state index is 0.283. The van der Waals surface area contributed by atoms with Crippen LogP contribution in [0.15, 0.2) is 58.9 Å². The Morgan fingerprint density at radius 1 is 1.21 bits per heavy atom. The number of benzene rings is 1. The second-order valence-electron chi connectivity index (χ2n) is 3.72. The number of amidine groups is 1. The van der Waals surface area contributed by atoms with Crippen LogP contribution in [0.5, 0.6) is 5.75 Å². The molecule has 0 aliphatic heterocycles. The molecule has 0 bridgehead atoms. The van der Waals surface area contributed by atoms with Crippen LogP contribution >= 0.6 is 0 Å². The van der Waals surface area contributed by atoms with Gasteiger partial charge in [0.2, 0.25) is 0 Å². The number of hydrogen-bond donors (Lipinski definition) is 1. The molecule has 1 aromatic heterocycles. The fourth-order valence-corrected chi connectivity index (χ4v) is 1.41. The molecule has 0 spiro atoms. The number of aromatic nitrogens is 1. The minimum atomic E-state index is 0.283. The highest BCUT2D eigenvalue weighted by atomic mass is 16.5. The number of nitrogens with zero attached hydrogens (tertiary/aromatic N) is 3. The molecule has 0 fully saturated rings. The van der Waals surface area contributed by atoms with Crippen LogP contribution in [0.1, 0.15) is 11.3 Å². The number of pyridine rings is 1. The van der Waals surface area contributed by atoms with E-state index in [2.05, 4.69) is 15.2 Å². The third kappa shape index (κ3) is 3.64. The number of methoxy groups -OCH3 is 1. The second kappa shape index (κ2) is 6.30. The van der Waals surface area contributed by atoms with Gasteiger partial charge in [-0.2, -0.15) is 5.10 Å². The SMILES string of the molecule is COc1ccc(/C=N/N=C(\N)c2ccccn2)cc1. The smallest absolute Gasteiger partial charge is 0.171 e. The number of hydrogen-bond acceptors (Lipinski definition) is 4. The molecule has 0 saturated heterocycles. The summed E-state index contributed by atoms with van der Waals surface area (Å²) >= 11 is 0. The van der Waals surface area contributed by atoms with Crippen molar-refractivity contribution in [3.05, 3.63) is 59.9 Å². The van der Waals surface area contributed by atoms with Crippen molar-refractivity contribution < 1.29 is 4.74 Å². The number of nitrogens with two attached hydrogens (primary N) is 1. The van der Waals surface area contributed by atoms with Crippen LogP contribution in [0, 0.1) is 0 Å². The molecule has 0 atom stereocenters. The summed E-state index contributed by atoms with van der Waals surface area (Å²) in [6, 6.07) is 12.9. The van der Waals surface area contributed by atoms with Crippen molar-refractivity contribution in [1.82, 2.24) is 4.98 Å². The van der Waals surface area contributed by atoms with Crippen molar-refractivity contribution in [3.63, 3.8) is 0 Å². The largest absolute Gasteiger partial charge is 0.497 e. The lowest BCUT2D eigenvalue weighted by atomic mass is 10.2. The lowest BCUT2D eigenvalue weighted by molar-refractivity contribution is 0.415. The first-order chi connectivity index (χ1) is 9.29. The van der Waals surface area contributed by atoms with E-state index in [9.17, 15) is 0 Å². The Morgan fingerprint density at radius 3 is 2.63 bits per heavy atom. The van der Waals surface area contributed by atoms with E-state index < -0.39 is 0 Å². The molecule has 1 heterocycles. The Morgan fingerprint density at radius 2 is 2.00 bits per heavy atom. The Hall–Kier alpha value is -2.69. The van der Waals surface area contributed by atoms with Crippen LogP contribution in [0.2, 0.25) is 0 Å². The van der Waals surface area contributed by atoms with Crippen molar-refractivity contribution in [2.24, 2.45) is 15.9 Å². The summed E-state index contributed by atoms with van der Waals surface area (Å²) in [6.45, 7) is 0. The molecule has 5 nitrogen and oxygen atoms in total. The zero-order valence-electron chi connectivity index (χ0n) is 10.5. The van der Waals surface area contributed by atoms with Crippen LogP contribution < -0.4 is 10.5 Å². The Bertz CT molecular complexity index is 576. The predicted molar refractivity (Wildman–Crippen MR) is 75.5 cm³/mol. The molecule has 0 radical (unpaired) electrons. The van der Waals surface area contributed by atoms with Crippen LogP contribution in [0.3, 0.4) is 0 Å². The summed E-state index contributed by atoms with van der Waals surface area (Å²) < 4.78 is 5.07. The van der Waals surface area contributed by atoms with E-state index in [-0.39, 0.29) is 5.84 Å². The summed E-state index contributed by atoms with van der Waals surface area (Å²) in [5, 5.41) is 7.83. The van der Waals surface area contributed by atoms with Gasteiger partial charge in [-0.05, 0) is 42.0 Å². The highest BCUT2D eigenvalue weighted by molar-refractivity contribution is 5.95. The van der Waals surface area contributed by atoms with Crippen molar-refractivity contribution >= 4 is 12.1 Å². The van der Waals surface area contributed by atoms with Crippen molar-refractivity contribution in [2.45, 2.75) is 0 Å². The van der Waals surface area contributed by atoms with E-state index in [0.29, 0.717) is 5.69 Å². The Labute approximate surface area is 111 Å². The average molecular weight is 254 g/mol. The van der Waals surface area contributed by atoms with Gasteiger partial charge in [0.25, 0.3) is 0 Å². The van der Waals surface area contributed by atoms with Crippen LogP contribution in [-0.2, 0) is 0 Å². The molecule has 0 aliphatic carbocycles. The molecule has 1 aromatic carbocycles. The molecule has 2 aromatic rings. The summed E-state index contributed by atoms with van der Waals surface area (Å²) in [5.41, 5.74) is 7.28. The van der Waals surface area contributed by atoms with E-state index in [0.717, 1.165) is 11.3 Å². The maximum absolute atomic E-state index is 5.76. The quantitative estimate of drug-likeness (QED) is 0.514. The first-order valence-electron chi connectivity index (χ1n) is 5.71. The molecule has 0 amide bonds. The van der Waals surface area contributed by atoms with Gasteiger partial charge in [0.1, 0.15) is 11.4 Å². The topological polar surface area (TPSA) is 72.9 Å². The fourth-order valence-electron chi connectivity index (χ4n) is 1.41. The standard InChI is InChI=1S/C14H14N4O/c1-19-12-7-5-11(6-8-12)10-17-18-14(15)13-4-2-3-9-16-13/h2-10H,1H3,(H2,15,18)/b17-10+. The molecule has 19 heavy (non-hydrogen) atoms. The van der Waals surface area contributed by atoms with Gasteiger partial charge < -0.3 is 10.5 Å². The van der Waals surface area contributed by atoms with Crippen molar-refractivity contribution in [1.29, 1.82) is 0 Å². The fraction of sp³-hybridized carbons (Fsp3) is 0.0714. The van der Waals surface area contributed by atoms with Gasteiger partial charge >= 0.3 is 0 Å². The monoisotopic (exact) mass is 254 g/mol. The normalized spacial score (nSPS) is 11.7. The van der Waals surface area contributed by atoms with Gasteiger partial charge in [0, 0.05) is 6.20 Å². The highest BCUT2D eigenvalue weighted by Gasteiger charge is 1.96. The van der Waals surface area contributed by atoms with Gasteiger partial charge in [-0.1, -0.05) is 6.07 Å². The van der Waals surface area contributed by atoms with Crippen LogP contribution in [0.25, 0.3) is 0 Å². The molecule has 0 aliphatic rings. The van der Waals surface area contributed by atoms with E-state index in [4.69, 9.17) is 10.5 Å². The van der Waals surface area contributed by atoms with Gasteiger partial charge in [-0.15, -0.1) is 5.10 Å². The third-order valence-electron chi connectivity index (χ3n) is 2.42. The first-order valence-corrected chi connectivity index (χ1v) is 5.71. The second-order valence-corrected chi connectivity index (χ2v) is 3.72. The molecule has 0 unspecified atom stereocenters. The van der Waals surface area contributed by atoms with E-state index in [1.807, 2.05) is 36.4 Å². The van der Waals surface area contributed by atoms with Gasteiger partial charge in [-0.25, -0.2) is 0 Å². The van der Waals surface area contributed by atoms with Gasteiger partial charge in [0.15, 0.2) is 5.84 Å². The highest BCUT2D eigenvalue weighted by Crippen LogP contribution is 2.09. The van der Waals surface area contributed by atoms with Gasteiger partial charge in [0.05, 0.1) is 13.3 Å². The van der Waals surface area contributed by atoms with E-state index in [1.165, 1.54) is 0 Å². The van der Waals surface area contributed by atoms with Crippen LogP contribution in [-0.4, -0.2) is 24.1 Å². The lowest BCUT2D eigenvalue weighted by Gasteiger charge is -1.98. The molecule has 2 N–H and O–H groups in total. The maximum Gasteiger partial charge on any atom is 0.171 e. The zero-order chi connectivity index (χ0) is 13.5. The molecule has 0 saturated carbocycles.